The Morgan fingerprint density at radius 1 is 1.33 bits per heavy atom. The fourth-order valence-corrected chi connectivity index (χ4v) is 1.50. The van der Waals surface area contributed by atoms with Crippen LogP contribution in [0, 0.1) is 5.92 Å². The van der Waals surface area contributed by atoms with Crippen molar-refractivity contribution in [2.75, 3.05) is 13.1 Å². The van der Waals surface area contributed by atoms with E-state index in [2.05, 4.69) is 5.32 Å². The van der Waals surface area contributed by atoms with E-state index in [1.165, 1.54) is 0 Å². The van der Waals surface area contributed by atoms with Crippen LogP contribution in [0.15, 0.2) is 0 Å². The van der Waals surface area contributed by atoms with Crippen LogP contribution in [0.4, 0.5) is 13.2 Å². The summed E-state index contributed by atoms with van der Waals surface area (Å²) < 4.78 is 36.0. The third kappa shape index (κ3) is 8.69. The molecule has 2 nitrogen and oxygen atoms in total. The Morgan fingerprint density at radius 2 is 1.93 bits per heavy atom. The lowest BCUT2D eigenvalue weighted by Gasteiger charge is -2.20. The van der Waals surface area contributed by atoms with E-state index in [4.69, 9.17) is 5.73 Å². The molecule has 0 spiro atoms. The summed E-state index contributed by atoms with van der Waals surface area (Å²) in [4.78, 5) is 0. The third-order valence-electron chi connectivity index (χ3n) is 2.32. The van der Waals surface area contributed by atoms with Gasteiger partial charge in [0, 0.05) is 6.04 Å². The lowest BCUT2D eigenvalue weighted by Crippen LogP contribution is -2.36. The van der Waals surface area contributed by atoms with E-state index in [0.717, 1.165) is 12.8 Å². The number of halogens is 3. The van der Waals surface area contributed by atoms with E-state index in [9.17, 15) is 13.2 Å². The average Bonchev–Trinajstić information content (AvgIpc) is 2.09. The lowest BCUT2D eigenvalue weighted by molar-refractivity contribution is -0.139. The number of nitrogens with one attached hydrogen (secondary N) is 1. The smallest absolute Gasteiger partial charge is 0.330 e. The lowest BCUT2D eigenvalue weighted by atomic mass is 10.0. The van der Waals surface area contributed by atoms with E-state index in [1.807, 2.05) is 6.92 Å². The minimum atomic E-state index is -4.09. The van der Waals surface area contributed by atoms with E-state index in [-0.39, 0.29) is 5.92 Å². The maximum Gasteiger partial charge on any atom is 0.390 e. The van der Waals surface area contributed by atoms with Crippen molar-refractivity contribution in [3.63, 3.8) is 0 Å². The molecule has 15 heavy (non-hydrogen) atoms. The molecule has 0 heterocycles. The van der Waals surface area contributed by atoms with Crippen molar-refractivity contribution < 1.29 is 13.2 Å². The zero-order valence-electron chi connectivity index (χ0n) is 9.40. The monoisotopic (exact) mass is 226 g/mol. The molecular weight excluding hydrogens is 205 g/mol. The highest BCUT2D eigenvalue weighted by Crippen LogP contribution is 2.21. The molecule has 0 aromatic carbocycles. The van der Waals surface area contributed by atoms with E-state index in [1.54, 1.807) is 6.92 Å². The Labute approximate surface area is 89.4 Å². The van der Waals surface area contributed by atoms with Gasteiger partial charge in [-0.3, -0.25) is 0 Å². The molecule has 0 aromatic heterocycles. The highest BCUT2D eigenvalue weighted by atomic mass is 19.4. The molecular formula is C10H21F3N2. The van der Waals surface area contributed by atoms with Gasteiger partial charge in [-0.2, -0.15) is 13.2 Å². The molecule has 0 fully saturated rings. The van der Waals surface area contributed by atoms with Crippen molar-refractivity contribution in [1.29, 1.82) is 0 Å². The number of alkyl halides is 3. The van der Waals surface area contributed by atoms with Crippen molar-refractivity contribution in [2.45, 2.75) is 45.3 Å². The topological polar surface area (TPSA) is 38.0 Å². The Morgan fingerprint density at radius 3 is 2.33 bits per heavy atom. The predicted octanol–water partition coefficient (Wildman–Crippen LogP) is 2.29. The van der Waals surface area contributed by atoms with Gasteiger partial charge in [0.05, 0.1) is 6.42 Å². The maximum atomic E-state index is 12.0. The average molecular weight is 226 g/mol. The van der Waals surface area contributed by atoms with Crippen molar-refractivity contribution in [1.82, 2.24) is 5.32 Å². The van der Waals surface area contributed by atoms with Crippen molar-refractivity contribution >= 4 is 0 Å². The number of hydrogen-bond donors (Lipinski definition) is 2. The molecule has 2 unspecified atom stereocenters. The van der Waals surface area contributed by atoms with Gasteiger partial charge >= 0.3 is 6.18 Å². The zero-order chi connectivity index (χ0) is 11.9. The highest BCUT2D eigenvalue weighted by Gasteiger charge is 2.29. The zero-order valence-corrected chi connectivity index (χ0v) is 9.40. The molecule has 0 rings (SSSR count). The number of hydrogen-bond acceptors (Lipinski definition) is 2. The first kappa shape index (κ1) is 14.7. The van der Waals surface area contributed by atoms with Crippen LogP contribution < -0.4 is 11.1 Å². The fourth-order valence-electron chi connectivity index (χ4n) is 1.50. The molecule has 0 aliphatic heterocycles. The molecule has 0 radical (unpaired) electrons. The molecule has 0 aliphatic carbocycles. The third-order valence-corrected chi connectivity index (χ3v) is 2.32. The van der Waals surface area contributed by atoms with Crippen molar-refractivity contribution in [2.24, 2.45) is 11.7 Å². The molecule has 0 saturated heterocycles. The maximum absolute atomic E-state index is 12.0. The van der Waals surface area contributed by atoms with Crippen LogP contribution in [-0.2, 0) is 0 Å². The summed E-state index contributed by atoms with van der Waals surface area (Å²) in [6, 6.07) is -0.532. The predicted molar refractivity (Wildman–Crippen MR) is 55.6 cm³/mol. The molecule has 0 bridgehead atoms. The minimum Gasteiger partial charge on any atom is -0.330 e. The van der Waals surface area contributed by atoms with Gasteiger partial charge in [0.2, 0.25) is 0 Å². The van der Waals surface area contributed by atoms with Crippen LogP contribution in [0.2, 0.25) is 0 Å². The molecule has 0 aliphatic rings. The standard InChI is InChI=1S/C10H21F3N2/c1-3-4-9(6-14)7-15-8(2)5-10(11,12)13/h8-9,15H,3-7,14H2,1-2H3. The van der Waals surface area contributed by atoms with Crippen LogP contribution in [0.3, 0.4) is 0 Å². The first-order valence-electron chi connectivity index (χ1n) is 5.39. The second-order valence-corrected chi connectivity index (χ2v) is 4.02. The van der Waals surface area contributed by atoms with Crippen molar-refractivity contribution in [3.05, 3.63) is 0 Å². The second kappa shape index (κ2) is 7.06. The molecule has 3 N–H and O–H groups in total. The molecule has 5 heteroatoms. The Bertz CT molecular complexity index is 159. The Kier molecular flexibility index (Phi) is 6.92. The normalized spacial score (nSPS) is 16.4. The first-order valence-corrected chi connectivity index (χ1v) is 5.39. The highest BCUT2D eigenvalue weighted by molar-refractivity contribution is 4.69. The van der Waals surface area contributed by atoms with Gasteiger partial charge in [-0.15, -0.1) is 0 Å². The van der Waals surface area contributed by atoms with Gasteiger partial charge in [-0.25, -0.2) is 0 Å². The van der Waals surface area contributed by atoms with Gasteiger partial charge < -0.3 is 11.1 Å². The van der Waals surface area contributed by atoms with E-state index < -0.39 is 18.6 Å². The molecule has 0 amide bonds. The first-order chi connectivity index (χ1) is 6.89. The second-order valence-electron chi connectivity index (χ2n) is 4.02. The summed E-state index contributed by atoms with van der Waals surface area (Å²) >= 11 is 0. The van der Waals surface area contributed by atoms with E-state index >= 15 is 0 Å². The number of rotatable bonds is 7. The molecule has 0 saturated carbocycles. The summed E-state index contributed by atoms with van der Waals surface area (Å²) in [5.74, 6) is 0.283. The SMILES string of the molecule is CCCC(CN)CNC(C)CC(F)(F)F. The van der Waals surface area contributed by atoms with Gasteiger partial charge in [-0.05, 0) is 32.4 Å². The Hall–Kier alpha value is -0.290. The van der Waals surface area contributed by atoms with Gasteiger partial charge in [0.25, 0.3) is 0 Å². The summed E-state index contributed by atoms with van der Waals surface area (Å²) in [5, 5.41) is 2.87. The molecule has 2 atom stereocenters. The number of nitrogens with two attached hydrogens (primary N) is 1. The van der Waals surface area contributed by atoms with Crippen LogP contribution in [0.1, 0.15) is 33.1 Å². The van der Waals surface area contributed by atoms with Gasteiger partial charge in [0.15, 0.2) is 0 Å². The van der Waals surface area contributed by atoms with Crippen LogP contribution >= 0.6 is 0 Å². The summed E-state index contributed by atoms with van der Waals surface area (Å²) in [7, 11) is 0. The van der Waals surface area contributed by atoms with Gasteiger partial charge in [-0.1, -0.05) is 13.3 Å². The quantitative estimate of drug-likeness (QED) is 0.699. The fraction of sp³-hybridized carbons (Fsp3) is 1.00. The minimum absolute atomic E-state index is 0.283. The Balaban J connectivity index is 3.73. The van der Waals surface area contributed by atoms with E-state index in [0.29, 0.717) is 13.1 Å². The van der Waals surface area contributed by atoms with Crippen molar-refractivity contribution in [3.8, 4) is 0 Å². The van der Waals surface area contributed by atoms with Crippen LogP contribution in [0.25, 0.3) is 0 Å². The van der Waals surface area contributed by atoms with Crippen LogP contribution in [-0.4, -0.2) is 25.3 Å². The van der Waals surface area contributed by atoms with Gasteiger partial charge in [0.1, 0.15) is 0 Å². The largest absolute Gasteiger partial charge is 0.390 e. The summed E-state index contributed by atoms with van der Waals surface area (Å²) in [6.07, 6.45) is -2.90. The molecule has 92 valence electrons. The van der Waals surface area contributed by atoms with Crippen LogP contribution in [0.5, 0.6) is 0 Å². The summed E-state index contributed by atoms with van der Waals surface area (Å²) in [6.45, 7) is 4.69. The summed E-state index contributed by atoms with van der Waals surface area (Å²) in [5.41, 5.74) is 5.51. The molecule has 0 aromatic rings.